The van der Waals surface area contributed by atoms with Crippen molar-refractivity contribution in [2.75, 3.05) is 6.54 Å². The van der Waals surface area contributed by atoms with Gasteiger partial charge in [0.2, 0.25) is 5.91 Å². The fourth-order valence-electron chi connectivity index (χ4n) is 3.81. The molecule has 0 N–H and O–H groups in total. The predicted octanol–water partition coefficient (Wildman–Crippen LogP) is 3.88. The number of likely N-dealkylation sites (tertiary alicyclic amines) is 1. The van der Waals surface area contributed by atoms with Gasteiger partial charge in [0.1, 0.15) is 17.5 Å². The molecule has 0 spiro atoms. The standard InChI is InChI=1S/C22H23FN4O/c1-2-20-24-12-14-27(20)21-7-3-5-18(25-21)19-6-4-13-26(19)22(28)15-16-8-10-17(23)11-9-16/h3,5,7-12,14,19H,2,4,6,13,15H2,1H3/t19-/m1/s1. The van der Waals surface area contributed by atoms with Crippen molar-refractivity contribution in [2.45, 2.75) is 38.6 Å². The molecule has 0 aliphatic carbocycles. The van der Waals surface area contributed by atoms with Gasteiger partial charge in [-0.1, -0.05) is 25.1 Å². The van der Waals surface area contributed by atoms with Crippen LogP contribution >= 0.6 is 0 Å². The second-order valence-corrected chi connectivity index (χ2v) is 7.04. The third kappa shape index (κ3) is 3.67. The number of hydrogen-bond donors (Lipinski definition) is 0. The molecule has 3 aromatic rings. The molecule has 6 heteroatoms. The Bertz CT molecular complexity index is 967. The van der Waals surface area contributed by atoms with Crippen LogP contribution in [0.4, 0.5) is 4.39 Å². The molecule has 1 atom stereocenters. The number of hydrogen-bond acceptors (Lipinski definition) is 3. The molecule has 0 saturated carbocycles. The number of aryl methyl sites for hydroxylation is 1. The fraction of sp³-hybridized carbons (Fsp3) is 0.318. The van der Waals surface area contributed by atoms with E-state index in [1.54, 1.807) is 18.3 Å². The third-order valence-corrected chi connectivity index (χ3v) is 5.22. The van der Waals surface area contributed by atoms with Crippen molar-refractivity contribution < 1.29 is 9.18 Å². The number of aromatic nitrogens is 3. The van der Waals surface area contributed by atoms with Crippen molar-refractivity contribution >= 4 is 5.91 Å². The Kier molecular flexibility index (Phi) is 5.19. The molecule has 1 aliphatic rings. The average molecular weight is 378 g/mol. The van der Waals surface area contributed by atoms with Gasteiger partial charge < -0.3 is 4.90 Å². The van der Waals surface area contributed by atoms with Crippen molar-refractivity contribution in [1.29, 1.82) is 0 Å². The maximum Gasteiger partial charge on any atom is 0.227 e. The Morgan fingerprint density at radius 1 is 1.21 bits per heavy atom. The van der Waals surface area contributed by atoms with E-state index in [4.69, 9.17) is 4.98 Å². The number of benzene rings is 1. The lowest BCUT2D eigenvalue weighted by Crippen LogP contribution is -2.32. The number of rotatable bonds is 5. The van der Waals surface area contributed by atoms with Gasteiger partial charge in [0.05, 0.1) is 18.2 Å². The monoisotopic (exact) mass is 378 g/mol. The highest BCUT2D eigenvalue weighted by molar-refractivity contribution is 5.79. The van der Waals surface area contributed by atoms with E-state index in [2.05, 4.69) is 11.9 Å². The van der Waals surface area contributed by atoms with E-state index in [0.717, 1.165) is 48.7 Å². The maximum atomic E-state index is 13.1. The van der Waals surface area contributed by atoms with Gasteiger partial charge in [-0.05, 0) is 42.7 Å². The molecule has 28 heavy (non-hydrogen) atoms. The number of pyridine rings is 1. The lowest BCUT2D eigenvalue weighted by molar-refractivity contribution is -0.131. The molecule has 1 amide bonds. The lowest BCUT2D eigenvalue weighted by atomic mass is 10.1. The summed E-state index contributed by atoms with van der Waals surface area (Å²) in [6.45, 7) is 2.79. The van der Waals surface area contributed by atoms with E-state index in [-0.39, 0.29) is 24.2 Å². The van der Waals surface area contributed by atoms with Crippen LogP contribution in [-0.2, 0) is 17.6 Å². The second-order valence-electron chi connectivity index (χ2n) is 7.04. The van der Waals surface area contributed by atoms with Crippen LogP contribution in [0, 0.1) is 5.82 Å². The van der Waals surface area contributed by atoms with Gasteiger partial charge in [-0.2, -0.15) is 0 Å². The van der Waals surface area contributed by atoms with Gasteiger partial charge in [-0.3, -0.25) is 9.36 Å². The quantitative estimate of drug-likeness (QED) is 0.677. The van der Waals surface area contributed by atoms with Gasteiger partial charge in [-0.15, -0.1) is 0 Å². The summed E-state index contributed by atoms with van der Waals surface area (Å²) in [6, 6.07) is 12.0. The number of amides is 1. The minimum Gasteiger partial charge on any atom is -0.334 e. The fourth-order valence-corrected chi connectivity index (χ4v) is 3.81. The summed E-state index contributed by atoms with van der Waals surface area (Å²) in [4.78, 5) is 24.0. The number of nitrogens with zero attached hydrogens (tertiary/aromatic N) is 4. The molecule has 1 aliphatic heterocycles. The van der Waals surface area contributed by atoms with Crippen LogP contribution < -0.4 is 0 Å². The first-order valence-corrected chi connectivity index (χ1v) is 9.69. The van der Waals surface area contributed by atoms with Crippen LogP contribution in [0.25, 0.3) is 5.82 Å². The van der Waals surface area contributed by atoms with Crippen molar-refractivity contribution in [3.63, 3.8) is 0 Å². The van der Waals surface area contributed by atoms with Crippen molar-refractivity contribution in [3.05, 3.63) is 77.8 Å². The van der Waals surface area contributed by atoms with E-state index >= 15 is 0 Å². The van der Waals surface area contributed by atoms with E-state index in [1.807, 2.05) is 33.9 Å². The highest BCUT2D eigenvalue weighted by Crippen LogP contribution is 2.32. The highest BCUT2D eigenvalue weighted by Gasteiger charge is 2.31. The Morgan fingerprint density at radius 3 is 2.82 bits per heavy atom. The van der Waals surface area contributed by atoms with Crippen LogP contribution in [0.5, 0.6) is 0 Å². The Hall–Kier alpha value is -3.02. The lowest BCUT2D eigenvalue weighted by Gasteiger charge is -2.25. The average Bonchev–Trinajstić information content (AvgIpc) is 3.39. The van der Waals surface area contributed by atoms with Crippen LogP contribution in [0.2, 0.25) is 0 Å². The molecule has 0 radical (unpaired) electrons. The zero-order valence-electron chi connectivity index (χ0n) is 15.9. The van der Waals surface area contributed by atoms with Crippen LogP contribution in [0.3, 0.4) is 0 Å². The predicted molar refractivity (Wildman–Crippen MR) is 105 cm³/mol. The summed E-state index contributed by atoms with van der Waals surface area (Å²) >= 11 is 0. The summed E-state index contributed by atoms with van der Waals surface area (Å²) < 4.78 is 15.1. The Labute approximate surface area is 163 Å². The van der Waals surface area contributed by atoms with E-state index in [0.29, 0.717) is 0 Å². The molecule has 2 aromatic heterocycles. The van der Waals surface area contributed by atoms with Crippen LogP contribution in [-0.4, -0.2) is 31.9 Å². The van der Waals surface area contributed by atoms with Crippen molar-refractivity contribution in [1.82, 2.24) is 19.4 Å². The first kappa shape index (κ1) is 18.3. The molecule has 1 fully saturated rings. The smallest absolute Gasteiger partial charge is 0.227 e. The SMILES string of the molecule is CCc1nccn1-c1cccc([C@H]2CCCN2C(=O)Cc2ccc(F)cc2)n1. The summed E-state index contributed by atoms with van der Waals surface area (Å²) in [5.41, 5.74) is 1.72. The van der Waals surface area contributed by atoms with Crippen molar-refractivity contribution in [2.24, 2.45) is 0 Å². The number of carbonyl (C=O) groups is 1. The van der Waals surface area contributed by atoms with Gasteiger partial charge in [-0.25, -0.2) is 14.4 Å². The zero-order valence-corrected chi connectivity index (χ0v) is 15.9. The first-order valence-electron chi connectivity index (χ1n) is 9.69. The van der Waals surface area contributed by atoms with Crippen LogP contribution in [0.15, 0.2) is 54.9 Å². The minimum absolute atomic E-state index is 0.0264. The molecule has 1 saturated heterocycles. The first-order chi connectivity index (χ1) is 13.7. The number of carbonyl (C=O) groups excluding carboxylic acids is 1. The molecular weight excluding hydrogens is 355 g/mol. The number of imidazole rings is 1. The maximum absolute atomic E-state index is 13.1. The largest absolute Gasteiger partial charge is 0.334 e. The summed E-state index contributed by atoms with van der Waals surface area (Å²) in [5, 5.41) is 0. The van der Waals surface area contributed by atoms with E-state index < -0.39 is 0 Å². The summed E-state index contributed by atoms with van der Waals surface area (Å²) in [7, 11) is 0. The highest BCUT2D eigenvalue weighted by atomic mass is 19.1. The molecule has 4 rings (SSSR count). The minimum atomic E-state index is -0.290. The molecule has 0 unspecified atom stereocenters. The zero-order chi connectivity index (χ0) is 19.5. The molecule has 3 heterocycles. The van der Waals surface area contributed by atoms with Gasteiger partial charge >= 0.3 is 0 Å². The normalized spacial score (nSPS) is 16.5. The molecular formula is C22H23FN4O. The molecule has 5 nitrogen and oxygen atoms in total. The van der Waals surface area contributed by atoms with Crippen LogP contribution in [0.1, 0.15) is 42.9 Å². The summed E-state index contributed by atoms with van der Waals surface area (Å²) in [6.07, 6.45) is 6.65. The van der Waals surface area contributed by atoms with Crippen molar-refractivity contribution in [3.8, 4) is 5.82 Å². The van der Waals surface area contributed by atoms with Gasteiger partial charge in [0.25, 0.3) is 0 Å². The van der Waals surface area contributed by atoms with E-state index in [9.17, 15) is 9.18 Å². The third-order valence-electron chi connectivity index (χ3n) is 5.22. The Balaban J connectivity index is 1.55. The van der Waals surface area contributed by atoms with Gasteiger partial charge in [0.15, 0.2) is 0 Å². The molecule has 0 bridgehead atoms. The number of halogens is 1. The summed E-state index contributed by atoms with van der Waals surface area (Å²) in [5.74, 6) is 1.55. The molecule has 144 valence electrons. The van der Waals surface area contributed by atoms with E-state index in [1.165, 1.54) is 12.1 Å². The second kappa shape index (κ2) is 7.92. The van der Waals surface area contributed by atoms with Gasteiger partial charge in [0, 0.05) is 25.4 Å². The topological polar surface area (TPSA) is 51.0 Å². The molecule has 1 aromatic carbocycles. The Morgan fingerprint density at radius 2 is 2.04 bits per heavy atom.